The molecule has 1 unspecified atom stereocenters. The number of aromatic nitrogens is 1. The van der Waals surface area contributed by atoms with Gasteiger partial charge in [-0.05, 0) is 24.6 Å². The molecule has 1 N–H and O–H groups in total. The van der Waals surface area contributed by atoms with E-state index < -0.39 is 4.92 Å². The van der Waals surface area contributed by atoms with Gasteiger partial charge in [0, 0.05) is 42.4 Å². The van der Waals surface area contributed by atoms with E-state index in [-0.39, 0.29) is 5.69 Å². The van der Waals surface area contributed by atoms with Crippen LogP contribution in [0, 0.1) is 16.0 Å². The van der Waals surface area contributed by atoms with E-state index in [1.54, 1.807) is 18.3 Å². The largest absolute Gasteiger partial charge is 0.384 e. The summed E-state index contributed by atoms with van der Waals surface area (Å²) in [5.41, 5.74) is 1.34. The van der Waals surface area contributed by atoms with E-state index in [0.717, 1.165) is 37.3 Å². The lowest BCUT2D eigenvalue weighted by Crippen LogP contribution is -2.14. The van der Waals surface area contributed by atoms with Gasteiger partial charge in [-0.25, -0.2) is 4.98 Å². The van der Waals surface area contributed by atoms with Crippen LogP contribution in [0.4, 0.5) is 11.4 Å². The maximum atomic E-state index is 11.0. The third-order valence-electron chi connectivity index (χ3n) is 3.55. The third kappa shape index (κ3) is 2.42. The fraction of sp³-hybridized carbons (Fsp3) is 0.357. The Kier molecular flexibility index (Phi) is 3.47. The molecule has 1 aromatic heterocycles. The number of ether oxygens (including phenoxy) is 1. The normalized spacial score (nSPS) is 18.3. The van der Waals surface area contributed by atoms with Gasteiger partial charge in [0.2, 0.25) is 0 Å². The first-order valence-corrected chi connectivity index (χ1v) is 6.59. The highest BCUT2D eigenvalue weighted by Gasteiger charge is 2.18. The summed E-state index contributed by atoms with van der Waals surface area (Å²) in [6.45, 7) is 2.40. The van der Waals surface area contributed by atoms with Crippen LogP contribution in [0.2, 0.25) is 0 Å². The number of rotatable bonds is 4. The number of nitro groups is 1. The lowest BCUT2D eigenvalue weighted by molar-refractivity contribution is -0.383. The average molecular weight is 273 g/mol. The van der Waals surface area contributed by atoms with Crippen LogP contribution in [0.3, 0.4) is 0 Å². The lowest BCUT2D eigenvalue weighted by atomic mass is 10.1. The fourth-order valence-corrected chi connectivity index (χ4v) is 2.46. The van der Waals surface area contributed by atoms with E-state index in [4.69, 9.17) is 4.74 Å². The first-order chi connectivity index (χ1) is 9.75. The summed E-state index contributed by atoms with van der Waals surface area (Å²) in [6, 6.07) is 6.89. The molecule has 1 fully saturated rings. The van der Waals surface area contributed by atoms with Crippen LogP contribution in [0.25, 0.3) is 10.9 Å². The fourth-order valence-electron chi connectivity index (χ4n) is 2.46. The molecule has 0 bridgehead atoms. The Morgan fingerprint density at radius 2 is 2.35 bits per heavy atom. The van der Waals surface area contributed by atoms with Crippen LogP contribution in [-0.4, -0.2) is 29.7 Å². The zero-order chi connectivity index (χ0) is 13.9. The van der Waals surface area contributed by atoms with E-state index in [1.807, 2.05) is 6.07 Å². The summed E-state index contributed by atoms with van der Waals surface area (Å²) in [6.07, 6.45) is 2.63. The molecule has 1 aliphatic heterocycles. The van der Waals surface area contributed by atoms with Crippen molar-refractivity contribution in [2.45, 2.75) is 6.42 Å². The monoisotopic (exact) mass is 273 g/mol. The summed E-state index contributed by atoms with van der Waals surface area (Å²) in [5.74, 6) is 0.497. The van der Waals surface area contributed by atoms with Crippen LogP contribution in [0.1, 0.15) is 6.42 Å². The molecule has 0 radical (unpaired) electrons. The topological polar surface area (TPSA) is 77.3 Å². The minimum Gasteiger partial charge on any atom is -0.384 e. The number of pyridine rings is 1. The second kappa shape index (κ2) is 5.42. The van der Waals surface area contributed by atoms with Gasteiger partial charge in [0.25, 0.3) is 5.69 Å². The van der Waals surface area contributed by atoms with E-state index in [1.165, 1.54) is 6.07 Å². The van der Waals surface area contributed by atoms with Crippen molar-refractivity contribution in [3.05, 3.63) is 40.6 Å². The van der Waals surface area contributed by atoms with Crippen LogP contribution < -0.4 is 5.32 Å². The molecule has 6 nitrogen and oxygen atoms in total. The van der Waals surface area contributed by atoms with Gasteiger partial charge in [-0.1, -0.05) is 0 Å². The Morgan fingerprint density at radius 3 is 3.10 bits per heavy atom. The summed E-state index contributed by atoms with van der Waals surface area (Å²) in [4.78, 5) is 14.8. The van der Waals surface area contributed by atoms with Crippen LogP contribution in [-0.2, 0) is 4.74 Å². The van der Waals surface area contributed by atoms with E-state index in [9.17, 15) is 10.1 Å². The Morgan fingerprint density at radius 1 is 1.45 bits per heavy atom. The van der Waals surface area contributed by atoms with E-state index >= 15 is 0 Å². The van der Waals surface area contributed by atoms with Gasteiger partial charge in [0.05, 0.1) is 11.5 Å². The molecule has 1 saturated heterocycles. The number of nitrogens with zero attached hydrogens (tertiary/aromatic N) is 2. The highest BCUT2D eigenvalue weighted by atomic mass is 16.6. The summed E-state index contributed by atoms with van der Waals surface area (Å²) in [7, 11) is 0. The van der Waals surface area contributed by atoms with Crippen molar-refractivity contribution in [2.24, 2.45) is 5.92 Å². The van der Waals surface area contributed by atoms with Crippen LogP contribution in [0.15, 0.2) is 30.5 Å². The maximum absolute atomic E-state index is 11.0. The van der Waals surface area contributed by atoms with Crippen molar-refractivity contribution in [3.8, 4) is 0 Å². The second-order valence-electron chi connectivity index (χ2n) is 4.90. The molecule has 0 amide bonds. The molecular formula is C14H15N3O3. The molecular weight excluding hydrogens is 258 g/mol. The molecule has 0 saturated carbocycles. The molecule has 1 aromatic carbocycles. The minimum atomic E-state index is -0.399. The maximum Gasteiger partial charge on any atom is 0.295 e. The highest BCUT2D eigenvalue weighted by molar-refractivity contribution is 5.96. The van der Waals surface area contributed by atoms with Gasteiger partial charge >= 0.3 is 0 Å². The van der Waals surface area contributed by atoms with Crippen molar-refractivity contribution >= 4 is 22.3 Å². The molecule has 0 aliphatic carbocycles. The Bertz CT molecular complexity index is 639. The van der Waals surface area contributed by atoms with Crippen LogP contribution in [0.5, 0.6) is 0 Å². The summed E-state index contributed by atoms with van der Waals surface area (Å²) in [5, 5.41) is 15.2. The number of non-ortho nitro benzene ring substituents is 1. The van der Waals surface area contributed by atoms with Gasteiger partial charge in [0.1, 0.15) is 5.52 Å². The number of hydrogen-bond acceptors (Lipinski definition) is 5. The average Bonchev–Trinajstić information content (AvgIpc) is 2.97. The molecule has 104 valence electrons. The van der Waals surface area contributed by atoms with Crippen molar-refractivity contribution < 1.29 is 9.66 Å². The summed E-state index contributed by atoms with van der Waals surface area (Å²) >= 11 is 0. The van der Waals surface area contributed by atoms with Crippen molar-refractivity contribution in [1.29, 1.82) is 0 Å². The third-order valence-corrected chi connectivity index (χ3v) is 3.55. The van der Waals surface area contributed by atoms with Crippen molar-refractivity contribution in [3.63, 3.8) is 0 Å². The zero-order valence-corrected chi connectivity index (χ0v) is 10.9. The molecule has 2 aromatic rings. The lowest BCUT2D eigenvalue weighted by Gasteiger charge is -2.12. The number of anilines is 1. The number of nitrogens with one attached hydrogen (secondary N) is 1. The van der Waals surface area contributed by atoms with Crippen molar-refractivity contribution in [2.75, 3.05) is 25.1 Å². The smallest absolute Gasteiger partial charge is 0.295 e. The number of fused-ring (bicyclic) bond motifs is 1. The van der Waals surface area contributed by atoms with Gasteiger partial charge in [-0.3, -0.25) is 10.1 Å². The van der Waals surface area contributed by atoms with E-state index in [2.05, 4.69) is 10.3 Å². The number of hydrogen-bond donors (Lipinski definition) is 1. The predicted octanol–water partition coefficient (Wildman–Crippen LogP) is 2.59. The van der Waals surface area contributed by atoms with Crippen LogP contribution >= 0.6 is 0 Å². The number of benzene rings is 1. The van der Waals surface area contributed by atoms with Crippen molar-refractivity contribution in [1.82, 2.24) is 4.98 Å². The van der Waals surface area contributed by atoms with Gasteiger partial charge < -0.3 is 10.1 Å². The SMILES string of the molecule is O=[N+]([O-])c1ccc(NCC2CCOC2)c2cccnc12. The minimum absolute atomic E-state index is 0.0374. The van der Waals surface area contributed by atoms with Gasteiger partial charge in [-0.15, -0.1) is 0 Å². The first kappa shape index (κ1) is 12.8. The first-order valence-electron chi connectivity index (χ1n) is 6.59. The second-order valence-corrected chi connectivity index (χ2v) is 4.90. The summed E-state index contributed by atoms with van der Waals surface area (Å²) < 4.78 is 5.34. The molecule has 20 heavy (non-hydrogen) atoms. The standard InChI is InChI=1S/C14H15N3O3/c18-17(19)13-4-3-12(11-2-1-6-15-14(11)13)16-8-10-5-7-20-9-10/h1-4,6,10,16H,5,7-9H2. The van der Waals surface area contributed by atoms with Gasteiger partial charge in [-0.2, -0.15) is 0 Å². The highest BCUT2D eigenvalue weighted by Crippen LogP contribution is 2.30. The quantitative estimate of drug-likeness (QED) is 0.684. The molecule has 1 atom stereocenters. The van der Waals surface area contributed by atoms with Gasteiger partial charge in [0.15, 0.2) is 0 Å². The Labute approximate surface area is 115 Å². The molecule has 1 aliphatic rings. The zero-order valence-electron chi connectivity index (χ0n) is 10.9. The molecule has 0 spiro atoms. The molecule has 3 rings (SSSR count). The number of nitro benzene ring substituents is 1. The predicted molar refractivity (Wildman–Crippen MR) is 75.8 cm³/mol. The Hall–Kier alpha value is -2.21. The molecule has 6 heteroatoms. The molecule has 2 heterocycles. The van der Waals surface area contributed by atoms with E-state index in [0.29, 0.717) is 11.4 Å². The Balaban J connectivity index is 1.91.